The molecule has 1 saturated heterocycles. The summed E-state index contributed by atoms with van der Waals surface area (Å²) in [5, 5.41) is 4.20. The van der Waals surface area contributed by atoms with E-state index in [4.69, 9.17) is 16.3 Å². The highest BCUT2D eigenvalue weighted by molar-refractivity contribution is 6.30. The molecule has 0 saturated carbocycles. The Morgan fingerprint density at radius 2 is 1.95 bits per heavy atom. The van der Waals surface area contributed by atoms with Crippen LogP contribution in [0.4, 0.5) is 0 Å². The number of nitrogens with zero attached hydrogens (tertiary/aromatic N) is 1. The molecule has 0 aromatic heterocycles. The Hall–Kier alpha value is -0.610. The molecule has 0 aliphatic carbocycles. The molecule has 0 bridgehead atoms. The Bertz CT molecular complexity index is 390. The quantitative estimate of drug-likeness (QED) is 0.873. The predicted octanol–water partition coefficient (Wildman–Crippen LogP) is 3.10. The van der Waals surface area contributed by atoms with Crippen LogP contribution in [0, 0.1) is 0 Å². The van der Waals surface area contributed by atoms with Gasteiger partial charge in [-0.05, 0) is 57.6 Å². The summed E-state index contributed by atoms with van der Waals surface area (Å²) in [5.41, 5.74) is 1.30. The van der Waals surface area contributed by atoms with Crippen LogP contribution in [0.3, 0.4) is 0 Å². The normalized spacial score (nSPS) is 18.4. The van der Waals surface area contributed by atoms with Gasteiger partial charge >= 0.3 is 0 Å². The average Bonchev–Trinajstić information content (AvgIpc) is 2.50. The minimum atomic E-state index is 0.384. The van der Waals surface area contributed by atoms with Crippen molar-refractivity contribution in [1.29, 1.82) is 0 Å². The summed E-state index contributed by atoms with van der Waals surface area (Å²) in [6, 6.07) is 9.20. The van der Waals surface area contributed by atoms with Gasteiger partial charge in [-0.2, -0.15) is 0 Å². The Morgan fingerprint density at radius 1 is 1.30 bits per heavy atom. The van der Waals surface area contributed by atoms with E-state index in [1.807, 2.05) is 19.2 Å². The van der Waals surface area contributed by atoms with Crippen LogP contribution in [-0.4, -0.2) is 44.8 Å². The fourth-order valence-electron chi connectivity index (χ4n) is 2.81. The van der Waals surface area contributed by atoms with Gasteiger partial charge in [0.2, 0.25) is 0 Å². The molecule has 4 heteroatoms. The fourth-order valence-corrected chi connectivity index (χ4v) is 2.94. The van der Waals surface area contributed by atoms with Crippen LogP contribution in [0.1, 0.15) is 30.9 Å². The molecule has 20 heavy (non-hydrogen) atoms. The molecule has 3 nitrogen and oxygen atoms in total. The lowest BCUT2D eigenvalue weighted by molar-refractivity contribution is 0.0420. The van der Waals surface area contributed by atoms with Crippen LogP contribution in [-0.2, 0) is 4.74 Å². The number of hydrogen-bond donors (Lipinski definition) is 1. The van der Waals surface area contributed by atoms with E-state index < -0.39 is 0 Å². The maximum Gasteiger partial charge on any atom is 0.0480 e. The van der Waals surface area contributed by atoms with Crippen molar-refractivity contribution >= 4 is 11.6 Å². The maximum atomic E-state index is 5.95. The summed E-state index contributed by atoms with van der Waals surface area (Å²) in [5.74, 6) is 0. The molecule has 0 amide bonds. The first-order valence-electron chi connectivity index (χ1n) is 7.41. The lowest BCUT2D eigenvalue weighted by Gasteiger charge is -2.32. The first-order chi connectivity index (χ1) is 9.70. The Balaban J connectivity index is 1.85. The molecular weight excluding hydrogens is 272 g/mol. The first kappa shape index (κ1) is 15.8. The van der Waals surface area contributed by atoms with Crippen LogP contribution < -0.4 is 5.32 Å². The van der Waals surface area contributed by atoms with E-state index in [0.29, 0.717) is 12.1 Å². The fraction of sp³-hybridized carbons (Fsp3) is 0.625. The predicted molar refractivity (Wildman–Crippen MR) is 84.3 cm³/mol. The maximum absolute atomic E-state index is 5.95. The van der Waals surface area contributed by atoms with E-state index in [9.17, 15) is 0 Å². The third-order valence-corrected chi connectivity index (χ3v) is 4.46. The molecule has 1 aromatic rings. The SMILES string of the molecule is CNC(CCN(C)C1CCOCC1)c1ccc(Cl)cc1. The van der Waals surface area contributed by atoms with E-state index in [1.54, 1.807) is 0 Å². The van der Waals surface area contributed by atoms with Crippen LogP contribution in [0.25, 0.3) is 0 Å². The van der Waals surface area contributed by atoms with Crippen molar-refractivity contribution in [1.82, 2.24) is 10.2 Å². The highest BCUT2D eigenvalue weighted by Gasteiger charge is 2.19. The third-order valence-electron chi connectivity index (χ3n) is 4.21. The molecule has 2 rings (SSSR count). The molecule has 1 atom stereocenters. The number of rotatable bonds is 6. The smallest absolute Gasteiger partial charge is 0.0480 e. The average molecular weight is 297 g/mol. The molecule has 0 spiro atoms. The lowest BCUT2D eigenvalue weighted by Crippen LogP contribution is -2.38. The van der Waals surface area contributed by atoms with Gasteiger partial charge < -0.3 is 15.0 Å². The molecule has 1 unspecified atom stereocenters. The first-order valence-corrected chi connectivity index (χ1v) is 7.79. The number of benzene rings is 1. The lowest BCUT2D eigenvalue weighted by atomic mass is 10.0. The Labute approximate surface area is 127 Å². The summed E-state index contributed by atoms with van der Waals surface area (Å²) in [7, 11) is 4.25. The molecule has 1 aromatic carbocycles. The van der Waals surface area contributed by atoms with Crippen LogP contribution in [0.2, 0.25) is 5.02 Å². The van der Waals surface area contributed by atoms with Gasteiger partial charge in [0.05, 0.1) is 0 Å². The topological polar surface area (TPSA) is 24.5 Å². The number of ether oxygens (including phenoxy) is 1. The minimum Gasteiger partial charge on any atom is -0.381 e. The number of halogens is 1. The molecule has 1 heterocycles. The number of nitrogens with one attached hydrogen (secondary N) is 1. The highest BCUT2D eigenvalue weighted by Crippen LogP contribution is 2.20. The second-order valence-electron chi connectivity index (χ2n) is 5.51. The van der Waals surface area contributed by atoms with Gasteiger partial charge in [0.15, 0.2) is 0 Å². The summed E-state index contributed by atoms with van der Waals surface area (Å²) in [6.45, 7) is 2.90. The number of hydrogen-bond acceptors (Lipinski definition) is 3. The van der Waals surface area contributed by atoms with Crippen molar-refractivity contribution in [2.75, 3.05) is 33.9 Å². The van der Waals surface area contributed by atoms with Crippen molar-refractivity contribution in [3.8, 4) is 0 Å². The van der Waals surface area contributed by atoms with E-state index >= 15 is 0 Å². The van der Waals surface area contributed by atoms with Gasteiger partial charge in [0.1, 0.15) is 0 Å². The molecule has 1 aliphatic rings. The molecule has 1 N–H and O–H groups in total. The largest absolute Gasteiger partial charge is 0.381 e. The summed E-state index contributed by atoms with van der Waals surface area (Å²) >= 11 is 5.95. The van der Waals surface area contributed by atoms with Crippen molar-refractivity contribution in [3.63, 3.8) is 0 Å². The van der Waals surface area contributed by atoms with Crippen molar-refractivity contribution in [3.05, 3.63) is 34.9 Å². The van der Waals surface area contributed by atoms with Gasteiger partial charge in [-0.25, -0.2) is 0 Å². The van der Waals surface area contributed by atoms with E-state index in [0.717, 1.165) is 44.0 Å². The van der Waals surface area contributed by atoms with Gasteiger partial charge in [-0.1, -0.05) is 23.7 Å². The zero-order valence-electron chi connectivity index (χ0n) is 12.4. The van der Waals surface area contributed by atoms with Gasteiger partial charge in [-0.15, -0.1) is 0 Å². The molecule has 0 radical (unpaired) electrons. The second kappa shape index (κ2) is 7.99. The molecule has 112 valence electrons. The molecular formula is C16H25ClN2O. The van der Waals surface area contributed by atoms with Crippen LogP contribution in [0.5, 0.6) is 0 Å². The van der Waals surface area contributed by atoms with Crippen molar-refractivity contribution in [2.24, 2.45) is 0 Å². The van der Waals surface area contributed by atoms with E-state index in [-0.39, 0.29) is 0 Å². The van der Waals surface area contributed by atoms with Crippen LogP contribution in [0.15, 0.2) is 24.3 Å². The minimum absolute atomic E-state index is 0.384. The second-order valence-corrected chi connectivity index (χ2v) is 5.94. The standard InChI is InChI=1S/C16H25ClN2O/c1-18-16(13-3-5-14(17)6-4-13)7-10-19(2)15-8-11-20-12-9-15/h3-6,15-16,18H,7-12H2,1-2H3. The molecule has 1 aliphatic heterocycles. The molecule has 1 fully saturated rings. The zero-order chi connectivity index (χ0) is 14.4. The van der Waals surface area contributed by atoms with Gasteiger partial charge in [0.25, 0.3) is 0 Å². The van der Waals surface area contributed by atoms with Crippen molar-refractivity contribution < 1.29 is 4.74 Å². The van der Waals surface area contributed by atoms with E-state index in [1.165, 1.54) is 5.56 Å². The highest BCUT2D eigenvalue weighted by atomic mass is 35.5. The monoisotopic (exact) mass is 296 g/mol. The van der Waals surface area contributed by atoms with Gasteiger partial charge in [-0.3, -0.25) is 0 Å². The van der Waals surface area contributed by atoms with E-state index in [2.05, 4.69) is 29.4 Å². The summed E-state index contributed by atoms with van der Waals surface area (Å²) in [4.78, 5) is 2.47. The summed E-state index contributed by atoms with van der Waals surface area (Å²) < 4.78 is 5.43. The third kappa shape index (κ3) is 4.45. The van der Waals surface area contributed by atoms with Gasteiger partial charge in [0, 0.05) is 30.3 Å². The summed E-state index contributed by atoms with van der Waals surface area (Å²) in [6.07, 6.45) is 3.41. The Kier molecular flexibility index (Phi) is 6.30. The van der Waals surface area contributed by atoms with Crippen molar-refractivity contribution in [2.45, 2.75) is 31.3 Å². The Morgan fingerprint density at radius 3 is 2.55 bits per heavy atom. The van der Waals surface area contributed by atoms with Crippen LogP contribution >= 0.6 is 11.6 Å². The zero-order valence-corrected chi connectivity index (χ0v) is 13.2.